The first-order chi connectivity index (χ1) is 14.2. The number of rotatable bonds is 8. The lowest BCUT2D eigenvalue weighted by Gasteiger charge is -2.31. The summed E-state index contributed by atoms with van der Waals surface area (Å²) in [5.74, 6) is -1.23. The number of nitrogens with zero attached hydrogens (tertiary/aromatic N) is 3. The molecule has 12 heteroatoms. The summed E-state index contributed by atoms with van der Waals surface area (Å²) in [5.41, 5.74) is 1.45. The van der Waals surface area contributed by atoms with Gasteiger partial charge in [-0.25, -0.2) is 13.4 Å². The number of hydrogen-bond donors (Lipinski definition) is 2. The second-order valence-corrected chi connectivity index (χ2v) is 11.2. The third-order valence-electron chi connectivity index (χ3n) is 4.73. The van der Waals surface area contributed by atoms with E-state index in [9.17, 15) is 18.0 Å². The number of thiazole rings is 1. The molecule has 0 atom stereocenters. The summed E-state index contributed by atoms with van der Waals surface area (Å²) in [6.07, 6.45) is 0.303. The Morgan fingerprint density at radius 1 is 1.23 bits per heavy atom. The predicted octanol–water partition coefficient (Wildman–Crippen LogP) is 2.31. The zero-order chi connectivity index (χ0) is 21.9. The minimum Gasteiger partial charge on any atom is -0.481 e. The van der Waals surface area contributed by atoms with Crippen molar-refractivity contribution in [2.45, 2.75) is 30.4 Å². The van der Waals surface area contributed by atoms with Gasteiger partial charge in [-0.3, -0.25) is 9.59 Å². The van der Waals surface area contributed by atoms with Gasteiger partial charge >= 0.3 is 5.97 Å². The maximum absolute atomic E-state index is 12.9. The summed E-state index contributed by atoms with van der Waals surface area (Å²) < 4.78 is 27.7. The number of aromatic nitrogens is 1. The highest BCUT2D eigenvalue weighted by atomic mass is 32.2. The molecule has 1 fully saturated rings. The average molecular weight is 473 g/mol. The third-order valence-corrected chi connectivity index (χ3v) is 9.17. The fourth-order valence-corrected chi connectivity index (χ4v) is 6.82. The molecule has 2 aromatic heterocycles. The van der Waals surface area contributed by atoms with E-state index < -0.39 is 16.0 Å². The molecule has 2 aromatic rings. The van der Waals surface area contributed by atoms with Crippen molar-refractivity contribution in [1.29, 1.82) is 0 Å². The molecule has 0 aliphatic carbocycles. The van der Waals surface area contributed by atoms with Crippen LogP contribution in [-0.4, -0.2) is 72.8 Å². The Morgan fingerprint density at radius 3 is 2.60 bits per heavy atom. The molecule has 9 nitrogen and oxygen atoms in total. The monoisotopic (exact) mass is 472 g/mol. The van der Waals surface area contributed by atoms with Gasteiger partial charge in [0.2, 0.25) is 5.91 Å². The smallest absolute Gasteiger partial charge is 0.303 e. The van der Waals surface area contributed by atoms with Crippen molar-refractivity contribution < 1.29 is 23.1 Å². The SMILES string of the molecule is Cc1nc(NC(=O)CCCC(=O)O)sc1-c1csc(S(=O)(=O)N2CCN(C)CC2)c1. The number of amides is 1. The molecule has 0 radical (unpaired) electrons. The van der Waals surface area contributed by atoms with Crippen LogP contribution in [0.2, 0.25) is 0 Å². The lowest BCUT2D eigenvalue weighted by molar-refractivity contribution is -0.137. The van der Waals surface area contributed by atoms with Crippen LogP contribution in [0.15, 0.2) is 15.7 Å². The molecule has 30 heavy (non-hydrogen) atoms. The Kier molecular flexibility index (Phi) is 7.24. The van der Waals surface area contributed by atoms with Crippen molar-refractivity contribution >= 4 is 49.7 Å². The van der Waals surface area contributed by atoms with E-state index in [0.717, 1.165) is 10.4 Å². The van der Waals surface area contributed by atoms with Crippen LogP contribution in [0.25, 0.3) is 10.4 Å². The normalized spacial score (nSPS) is 15.9. The van der Waals surface area contributed by atoms with Crippen molar-refractivity contribution in [3.05, 3.63) is 17.1 Å². The summed E-state index contributed by atoms with van der Waals surface area (Å²) >= 11 is 2.46. The molecule has 164 valence electrons. The first-order valence-electron chi connectivity index (χ1n) is 9.43. The van der Waals surface area contributed by atoms with Gasteiger partial charge in [-0.1, -0.05) is 11.3 Å². The molecule has 1 aliphatic rings. The summed E-state index contributed by atoms with van der Waals surface area (Å²) in [5, 5.41) is 13.5. The quantitative estimate of drug-likeness (QED) is 0.605. The van der Waals surface area contributed by atoms with Gasteiger partial charge in [0.05, 0.1) is 10.6 Å². The molecule has 3 heterocycles. The van der Waals surface area contributed by atoms with Crippen molar-refractivity contribution in [3.8, 4) is 10.4 Å². The first-order valence-corrected chi connectivity index (χ1v) is 12.6. The Labute approximate surface area is 183 Å². The maximum Gasteiger partial charge on any atom is 0.303 e. The van der Waals surface area contributed by atoms with Crippen molar-refractivity contribution in [3.63, 3.8) is 0 Å². The number of carbonyl (C=O) groups excluding carboxylic acids is 1. The van der Waals surface area contributed by atoms with E-state index in [1.54, 1.807) is 18.4 Å². The number of hydrogen-bond acceptors (Lipinski definition) is 8. The number of aliphatic carboxylic acids is 1. The predicted molar refractivity (Wildman–Crippen MR) is 117 cm³/mol. The highest BCUT2D eigenvalue weighted by Gasteiger charge is 2.29. The molecular formula is C18H24N4O5S3. The van der Waals surface area contributed by atoms with Crippen molar-refractivity contribution in [1.82, 2.24) is 14.2 Å². The molecule has 1 saturated heterocycles. The number of likely N-dealkylation sites (N-methyl/N-ethyl adjacent to an activating group) is 1. The third kappa shape index (κ3) is 5.43. The Bertz CT molecular complexity index is 1020. The molecule has 0 unspecified atom stereocenters. The number of nitrogens with one attached hydrogen (secondary N) is 1. The largest absolute Gasteiger partial charge is 0.481 e. The summed E-state index contributed by atoms with van der Waals surface area (Å²) in [6, 6.07) is 1.66. The number of sulfonamides is 1. The summed E-state index contributed by atoms with van der Waals surface area (Å²) in [6.45, 7) is 4.17. The van der Waals surface area contributed by atoms with E-state index in [0.29, 0.717) is 41.2 Å². The van der Waals surface area contributed by atoms with Crippen molar-refractivity contribution in [2.75, 3.05) is 38.5 Å². The Balaban J connectivity index is 1.70. The molecule has 0 saturated carbocycles. The molecule has 0 aromatic carbocycles. The first kappa shape index (κ1) is 22.8. The minimum absolute atomic E-state index is 0.0605. The van der Waals surface area contributed by atoms with Gasteiger partial charge in [0.25, 0.3) is 10.0 Å². The van der Waals surface area contributed by atoms with Gasteiger partial charge in [-0.2, -0.15) is 4.31 Å². The van der Waals surface area contributed by atoms with E-state index in [2.05, 4.69) is 15.2 Å². The van der Waals surface area contributed by atoms with Crippen LogP contribution < -0.4 is 5.32 Å². The van der Waals surface area contributed by atoms with Crippen LogP contribution in [0.3, 0.4) is 0 Å². The molecule has 2 N–H and O–H groups in total. The van der Waals surface area contributed by atoms with E-state index in [1.165, 1.54) is 27.0 Å². The molecule has 3 rings (SSSR count). The molecule has 1 aliphatic heterocycles. The van der Waals surface area contributed by atoms with Crippen LogP contribution >= 0.6 is 22.7 Å². The molecule has 0 bridgehead atoms. The van der Waals surface area contributed by atoms with Gasteiger partial charge in [-0.05, 0) is 26.5 Å². The Morgan fingerprint density at radius 2 is 1.93 bits per heavy atom. The van der Waals surface area contributed by atoms with Crippen molar-refractivity contribution in [2.24, 2.45) is 0 Å². The number of anilines is 1. The molecule has 1 amide bonds. The second kappa shape index (κ2) is 9.52. The molecule has 0 spiro atoms. The number of piperazine rings is 1. The zero-order valence-electron chi connectivity index (χ0n) is 16.8. The second-order valence-electron chi connectivity index (χ2n) is 7.09. The summed E-state index contributed by atoms with van der Waals surface area (Å²) in [4.78, 5) is 29.8. The number of carboxylic acid groups (broad SMARTS) is 1. The number of carbonyl (C=O) groups is 2. The van der Waals surface area contributed by atoms with Crippen LogP contribution in [0.4, 0.5) is 5.13 Å². The lowest BCUT2D eigenvalue weighted by atomic mass is 10.2. The number of carboxylic acids is 1. The van der Waals surface area contributed by atoms with E-state index in [-0.39, 0.29) is 25.2 Å². The van der Waals surface area contributed by atoms with Gasteiger partial charge in [0.15, 0.2) is 5.13 Å². The number of aryl methyl sites for hydroxylation is 1. The fourth-order valence-electron chi connectivity index (χ4n) is 3.03. The fraction of sp³-hybridized carbons (Fsp3) is 0.500. The molecular weight excluding hydrogens is 448 g/mol. The van der Waals surface area contributed by atoms with Gasteiger partial charge < -0.3 is 15.3 Å². The number of thiophene rings is 1. The maximum atomic E-state index is 12.9. The van der Waals surface area contributed by atoms with E-state index in [1.807, 2.05) is 7.05 Å². The lowest BCUT2D eigenvalue weighted by Crippen LogP contribution is -2.46. The van der Waals surface area contributed by atoms with Gasteiger partial charge in [0, 0.05) is 50.0 Å². The van der Waals surface area contributed by atoms with Gasteiger partial charge in [-0.15, -0.1) is 11.3 Å². The van der Waals surface area contributed by atoms with Crippen LogP contribution in [-0.2, 0) is 19.6 Å². The zero-order valence-corrected chi connectivity index (χ0v) is 19.2. The van der Waals surface area contributed by atoms with E-state index in [4.69, 9.17) is 5.11 Å². The standard InChI is InChI=1S/C18H24N4O5S3/c1-12-17(29-18(19-12)20-14(23)4-3-5-15(24)25)13-10-16(28-11-13)30(26,27)22-8-6-21(2)7-9-22/h10-11H,3-9H2,1-2H3,(H,24,25)(H,19,20,23). The highest BCUT2D eigenvalue weighted by molar-refractivity contribution is 7.91. The van der Waals surface area contributed by atoms with Gasteiger partial charge in [0.1, 0.15) is 4.21 Å². The topological polar surface area (TPSA) is 120 Å². The van der Waals surface area contributed by atoms with Crippen LogP contribution in [0, 0.1) is 6.92 Å². The minimum atomic E-state index is -3.52. The highest BCUT2D eigenvalue weighted by Crippen LogP contribution is 2.37. The Hall–Kier alpha value is -1.86. The van der Waals surface area contributed by atoms with Crippen LogP contribution in [0.5, 0.6) is 0 Å². The van der Waals surface area contributed by atoms with E-state index >= 15 is 0 Å². The summed E-state index contributed by atoms with van der Waals surface area (Å²) in [7, 11) is -1.55. The average Bonchev–Trinajstić information content (AvgIpc) is 3.29. The van der Waals surface area contributed by atoms with Crippen LogP contribution in [0.1, 0.15) is 25.0 Å².